The molecule has 2 heterocycles. The molecule has 7 nitrogen and oxygen atoms in total. The van der Waals surface area contributed by atoms with Crippen molar-refractivity contribution in [1.82, 2.24) is 9.13 Å². The molecule has 1 atom stereocenters. The third kappa shape index (κ3) is 2.80. The summed E-state index contributed by atoms with van der Waals surface area (Å²) in [5, 5.41) is 9.16. The Morgan fingerprint density at radius 3 is 2.67 bits per heavy atom. The summed E-state index contributed by atoms with van der Waals surface area (Å²) in [5.74, 6) is 0.515. The van der Waals surface area contributed by atoms with Crippen molar-refractivity contribution in [2.75, 3.05) is 18.1 Å². The van der Waals surface area contributed by atoms with E-state index in [1.54, 1.807) is 16.2 Å². The van der Waals surface area contributed by atoms with E-state index in [2.05, 4.69) is 13.8 Å². The minimum absolute atomic E-state index is 0.0555. The first-order valence-corrected chi connectivity index (χ1v) is 8.20. The van der Waals surface area contributed by atoms with Crippen LogP contribution in [0.25, 0.3) is 11.0 Å². The van der Waals surface area contributed by atoms with Gasteiger partial charge in [-0.25, -0.2) is 9.59 Å². The number of cyclic esters (lactones) is 1. The molecule has 0 bridgehead atoms. The van der Waals surface area contributed by atoms with Gasteiger partial charge in [-0.15, -0.1) is 0 Å². The van der Waals surface area contributed by atoms with E-state index in [0.717, 1.165) is 17.5 Å². The number of rotatable bonds is 5. The molecular weight excluding hydrogens is 310 g/mol. The standard InChI is InChI=1S/C17H23N3O4/c1-11(2)6-7-19-14-5-4-12(8-15(14)18(3)16(19)22)20-9-13(10-21)24-17(20)23/h4-5,8,11,13,21H,6-7,9-10H2,1-3H3/t13-/m1/s1. The number of amides is 1. The molecule has 0 spiro atoms. The number of aliphatic hydroxyl groups is 1. The molecule has 0 saturated carbocycles. The van der Waals surface area contributed by atoms with E-state index in [-0.39, 0.29) is 12.3 Å². The molecule has 0 aliphatic carbocycles. The summed E-state index contributed by atoms with van der Waals surface area (Å²) in [6.07, 6.45) is -0.0532. The number of fused-ring (bicyclic) bond motifs is 1. The number of carbonyl (C=O) groups excluding carboxylic acids is 1. The van der Waals surface area contributed by atoms with Crippen molar-refractivity contribution in [3.63, 3.8) is 0 Å². The Morgan fingerprint density at radius 2 is 2.04 bits per heavy atom. The van der Waals surface area contributed by atoms with Gasteiger partial charge in [0.25, 0.3) is 0 Å². The first-order chi connectivity index (χ1) is 11.4. The lowest BCUT2D eigenvalue weighted by Crippen LogP contribution is -2.25. The van der Waals surface area contributed by atoms with Crippen LogP contribution < -0.4 is 10.6 Å². The first kappa shape index (κ1) is 16.6. The molecule has 0 radical (unpaired) electrons. The smallest absolute Gasteiger partial charge is 0.414 e. The third-order valence-electron chi connectivity index (χ3n) is 4.45. The van der Waals surface area contributed by atoms with Crippen LogP contribution in [0, 0.1) is 5.92 Å². The fourth-order valence-corrected chi connectivity index (χ4v) is 2.99. The lowest BCUT2D eigenvalue weighted by molar-refractivity contribution is 0.0963. The second kappa shape index (κ2) is 6.32. The predicted octanol–water partition coefficient (Wildman–Crippen LogP) is 1.70. The molecule has 1 amide bonds. The Labute approximate surface area is 140 Å². The molecule has 130 valence electrons. The number of hydrogen-bond donors (Lipinski definition) is 1. The Hall–Kier alpha value is -2.28. The van der Waals surface area contributed by atoms with Gasteiger partial charge >= 0.3 is 11.8 Å². The van der Waals surface area contributed by atoms with Gasteiger partial charge in [-0.3, -0.25) is 14.0 Å². The van der Waals surface area contributed by atoms with Crippen molar-refractivity contribution in [2.24, 2.45) is 13.0 Å². The van der Waals surface area contributed by atoms with Crippen molar-refractivity contribution in [2.45, 2.75) is 32.9 Å². The van der Waals surface area contributed by atoms with Gasteiger partial charge in [-0.2, -0.15) is 0 Å². The number of hydrogen-bond acceptors (Lipinski definition) is 4. The summed E-state index contributed by atoms with van der Waals surface area (Å²) in [6.45, 7) is 5.04. The first-order valence-electron chi connectivity index (χ1n) is 8.20. The van der Waals surface area contributed by atoms with Gasteiger partial charge in [0.05, 0.1) is 24.2 Å². The largest absolute Gasteiger partial charge is 0.441 e. The molecule has 1 aromatic carbocycles. The maximum Gasteiger partial charge on any atom is 0.414 e. The molecule has 1 N–H and O–H groups in total. The van der Waals surface area contributed by atoms with Crippen molar-refractivity contribution < 1.29 is 14.6 Å². The lowest BCUT2D eigenvalue weighted by Gasteiger charge is -2.13. The number of aliphatic hydroxyl groups excluding tert-OH is 1. The highest BCUT2D eigenvalue weighted by atomic mass is 16.6. The fourth-order valence-electron chi connectivity index (χ4n) is 2.99. The van der Waals surface area contributed by atoms with Crippen LogP contribution in [0.1, 0.15) is 20.3 Å². The Morgan fingerprint density at radius 1 is 1.29 bits per heavy atom. The van der Waals surface area contributed by atoms with Crippen molar-refractivity contribution in [3.8, 4) is 0 Å². The topological polar surface area (TPSA) is 76.7 Å². The summed E-state index contributed by atoms with van der Waals surface area (Å²) in [4.78, 5) is 25.9. The Kier molecular flexibility index (Phi) is 4.36. The fraction of sp³-hybridized carbons (Fsp3) is 0.529. The van der Waals surface area contributed by atoms with Crippen LogP contribution in [0.15, 0.2) is 23.0 Å². The second-order valence-electron chi connectivity index (χ2n) is 6.65. The van der Waals surface area contributed by atoms with Crippen LogP contribution in [0.5, 0.6) is 0 Å². The van der Waals surface area contributed by atoms with E-state index in [4.69, 9.17) is 9.84 Å². The maximum atomic E-state index is 12.5. The predicted molar refractivity (Wildman–Crippen MR) is 91.3 cm³/mol. The Balaban J connectivity index is 1.99. The highest BCUT2D eigenvalue weighted by molar-refractivity contribution is 5.92. The number of nitrogens with zero attached hydrogens (tertiary/aromatic N) is 3. The van der Waals surface area contributed by atoms with E-state index in [9.17, 15) is 9.59 Å². The molecule has 1 aliphatic rings. The van der Waals surface area contributed by atoms with Crippen molar-refractivity contribution in [3.05, 3.63) is 28.7 Å². The van der Waals surface area contributed by atoms with Gasteiger partial charge < -0.3 is 9.84 Å². The summed E-state index contributed by atoms with van der Waals surface area (Å²) in [7, 11) is 1.74. The van der Waals surface area contributed by atoms with E-state index in [0.29, 0.717) is 24.7 Å². The molecule has 7 heteroatoms. The van der Waals surface area contributed by atoms with Gasteiger partial charge in [0.1, 0.15) is 6.10 Å². The minimum Gasteiger partial charge on any atom is -0.441 e. The van der Waals surface area contributed by atoms with E-state index in [1.165, 1.54) is 4.90 Å². The van der Waals surface area contributed by atoms with Crippen LogP contribution >= 0.6 is 0 Å². The molecule has 1 aliphatic heterocycles. The lowest BCUT2D eigenvalue weighted by atomic mass is 10.1. The number of anilines is 1. The van der Waals surface area contributed by atoms with Gasteiger partial charge in [0, 0.05) is 19.3 Å². The van der Waals surface area contributed by atoms with Gasteiger partial charge in [-0.05, 0) is 30.5 Å². The van der Waals surface area contributed by atoms with E-state index < -0.39 is 12.2 Å². The minimum atomic E-state index is -0.507. The number of aryl methyl sites for hydroxylation is 2. The van der Waals surface area contributed by atoms with E-state index >= 15 is 0 Å². The molecule has 24 heavy (non-hydrogen) atoms. The van der Waals surface area contributed by atoms with Gasteiger partial charge in [0.2, 0.25) is 0 Å². The highest BCUT2D eigenvalue weighted by Crippen LogP contribution is 2.25. The SMILES string of the molecule is CC(C)CCn1c(=O)n(C)c2cc(N3C[C@H](CO)OC3=O)ccc21. The zero-order valence-corrected chi connectivity index (χ0v) is 14.2. The van der Waals surface area contributed by atoms with E-state index in [1.807, 2.05) is 18.2 Å². The van der Waals surface area contributed by atoms with Crippen molar-refractivity contribution >= 4 is 22.8 Å². The maximum absolute atomic E-state index is 12.5. The number of carbonyl (C=O) groups is 1. The molecule has 1 fully saturated rings. The number of ether oxygens (including phenoxy) is 1. The van der Waals surface area contributed by atoms with Crippen LogP contribution in [-0.4, -0.2) is 39.6 Å². The van der Waals surface area contributed by atoms with Crippen LogP contribution in [0.2, 0.25) is 0 Å². The van der Waals surface area contributed by atoms with Crippen LogP contribution in [0.3, 0.4) is 0 Å². The quantitative estimate of drug-likeness (QED) is 0.903. The second-order valence-corrected chi connectivity index (χ2v) is 6.65. The summed E-state index contributed by atoms with van der Waals surface area (Å²) in [6, 6.07) is 5.50. The summed E-state index contributed by atoms with van der Waals surface area (Å²) in [5.41, 5.74) is 2.25. The zero-order chi connectivity index (χ0) is 17.4. The number of aromatic nitrogens is 2. The number of imidazole rings is 1. The normalized spacial score (nSPS) is 18.0. The van der Waals surface area contributed by atoms with Crippen LogP contribution in [0.4, 0.5) is 10.5 Å². The van der Waals surface area contributed by atoms with Gasteiger partial charge in [0.15, 0.2) is 0 Å². The molecule has 0 unspecified atom stereocenters. The average molecular weight is 333 g/mol. The third-order valence-corrected chi connectivity index (χ3v) is 4.45. The van der Waals surface area contributed by atoms with Gasteiger partial charge in [-0.1, -0.05) is 13.8 Å². The average Bonchev–Trinajstić information content (AvgIpc) is 3.04. The molecular formula is C17H23N3O4. The Bertz CT molecular complexity index is 821. The molecule has 1 saturated heterocycles. The number of benzene rings is 1. The summed E-state index contributed by atoms with van der Waals surface area (Å²) >= 11 is 0. The van der Waals surface area contributed by atoms with Crippen LogP contribution in [-0.2, 0) is 18.3 Å². The highest BCUT2D eigenvalue weighted by Gasteiger charge is 2.32. The zero-order valence-electron chi connectivity index (χ0n) is 14.2. The monoisotopic (exact) mass is 333 g/mol. The molecule has 2 aromatic rings. The molecule has 1 aromatic heterocycles. The molecule has 3 rings (SSSR count). The van der Waals surface area contributed by atoms with Crippen molar-refractivity contribution in [1.29, 1.82) is 0 Å². The summed E-state index contributed by atoms with van der Waals surface area (Å²) < 4.78 is 8.45.